The molecular formula is C26H28N6O3. The van der Waals surface area contributed by atoms with Gasteiger partial charge >= 0.3 is 0 Å². The number of carbonyl (C=O) groups is 1. The number of fused-ring (bicyclic) bond motifs is 1. The number of rotatable bonds is 7. The van der Waals surface area contributed by atoms with Crippen LogP contribution in [0.15, 0.2) is 67.0 Å². The van der Waals surface area contributed by atoms with E-state index in [4.69, 9.17) is 9.84 Å². The number of anilines is 2. The number of pyridine rings is 1. The first-order valence-corrected chi connectivity index (χ1v) is 11.6. The number of amides is 1. The Kier molecular flexibility index (Phi) is 6.49. The summed E-state index contributed by atoms with van der Waals surface area (Å²) in [7, 11) is 1.64. The molecule has 2 N–H and O–H groups in total. The number of ether oxygens (including phenoxy) is 1. The summed E-state index contributed by atoms with van der Waals surface area (Å²) in [4.78, 5) is 21.6. The number of aliphatic hydroxyl groups excluding tert-OH is 1. The van der Waals surface area contributed by atoms with E-state index < -0.39 is 0 Å². The van der Waals surface area contributed by atoms with Gasteiger partial charge < -0.3 is 25.0 Å². The van der Waals surface area contributed by atoms with Gasteiger partial charge in [-0.25, -0.2) is 9.67 Å². The second-order valence-electron chi connectivity index (χ2n) is 8.30. The Bertz CT molecular complexity index is 1320. The Hall–Kier alpha value is -4.11. The number of nitrogens with zero attached hydrogens (tertiary/aromatic N) is 5. The third kappa shape index (κ3) is 4.50. The molecule has 0 radical (unpaired) electrons. The number of hydrogen-bond donors (Lipinski definition) is 2. The van der Waals surface area contributed by atoms with Crippen molar-refractivity contribution in [1.82, 2.24) is 20.1 Å². The first kappa shape index (κ1) is 22.7. The predicted molar refractivity (Wildman–Crippen MR) is 136 cm³/mol. The van der Waals surface area contributed by atoms with E-state index in [1.165, 1.54) is 0 Å². The molecular weight excluding hydrogens is 444 g/mol. The highest BCUT2D eigenvalue weighted by atomic mass is 16.5. The molecule has 0 spiro atoms. The molecule has 9 heteroatoms. The highest BCUT2D eigenvalue weighted by Gasteiger charge is 2.23. The van der Waals surface area contributed by atoms with Crippen molar-refractivity contribution in [2.24, 2.45) is 0 Å². The fourth-order valence-corrected chi connectivity index (χ4v) is 4.49. The number of benzene rings is 2. The standard InChI is InChI=1S/C26H28N6O3/c1-35-24-8-7-19(26(34)28-11-16-33)17-23(24)31-14-12-30(13-15-31)22-9-10-27-25-21(22)18-29-32(25)20-5-3-2-4-6-20/h2-10,17-18,33H,11-16H2,1H3,(H,28,34). The Balaban J connectivity index is 1.36. The number of aliphatic hydroxyl groups is 1. The molecule has 3 heterocycles. The van der Waals surface area contributed by atoms with Crippen LogP contribution in [0.3, 0.4) is 0 Å². The summed E-state index contributed by atoms with van der Waals surface area (Å²) in [5.41, 5.74) is 4.36. The molecule has 4 aromatic rings. The van der Waals surface area contributed by atoms with Crippen LogP contribution in [0.4, 0.5) is 11.4 Å². The van der Waals surface area contributed by atoms with Crippen molar-refractivity contribution in [1.29, 1.82) is 0 Å². The van der Waals surface area contributed by atoms with Gasteiger partial charge in [0.15, 0.2) is 5.65 Å². The SMILES string of the molecule is COc1ccc(C(=O)NCCO)cc1N1CCN(c2ccnc3c2cnn3-c2ccccc2)CC1. The summed E-state index contributed by atoms with van der Waals surface area (Å²) in [6.45, 7) is 3.28. The lowest BCUT2D eigenvalue weighted by molar-refractivity contribution is 0.0944. The van der Waals surface area contributed by atoms with Gasteiger partial charge in [0.05, 0.1) is 42.4 Å². The summed E-state index contributed by atoms with van der Waals surface area (Å²) in [5, 5.41) is 17.3. The average molecular weight is 473 g/mol. The van der Waals surface area contributed by atoms with Crippen LogP contribution in [0.5, 0.6) is 5.75 Å². The summed E-state index contributed by atoms with van der Waals surface area (Å²) >= 11 is 0. The minimum Gasteiger partial charge on any atom is -0.495 e. The molecule has 1 amide bonds. The average Bonchev–Trinajstić information content (AvgIpc) is 3.36. The maximum absolute atomic E-state index is 12.4. The fraction of sp³-hybridized carbons (Fsp3) is 0.269. The molecule has 0 atom stereocenters. The number of nitrogens with one attached hydrogen (secondary N) is 1. The second-order valence-corrected chi connectivity index (χ2v) is 8.30. The van der Waals surface area contributed by atoms with Crippen LogP contribution in [-0.4, -0.2) is 72.2 Å². The first-order valence-electron chi connectivity index (χ1n) is 11.6. The van der Waals surface area contributed by atoms with Crippen LogP contribution in [0.1, 0.15) is 10.4 Å². The van der Waals surface area contributed by atoms with Gasteiger partial charge in [0.1, 0.15) is 5.75 Å². The van der Waals surface area contributed by atoms with Crippen LogP contribution >= 0.6 is 0 Å². The molecule has 1 saturated heterocycles. The van der Waals surface area contributed by atoms with Crippen molar-refractivity contribution in [3.8, 4) is 11.4 Å². The molecule has 5 rings (SSSR count). The van der Waals surface area contributed by atoms with Crippen molar-refractivity contribution in [2.45, 2.75) is 0 Å². The van der Waals surface area contributed by atoms with Gasteiger partial charge in [-0.15, -0.1) is 0 Å². The largest absolute Gasteiger partial charge is 0.495 e. The minimum absolute atomic E-state index is 0.0940. The van der Waals surface area contributed by atoms with Crippen LogP contribution in [-0.2, 0) is 0 Å². The molecule has 1 aliphatic heterocycles. The van der Waals surface area contributed by atoms with E-state index in [1.54, 1.807) is 13.2 Å². The van der Waals surface area contributed by atoms with Crippen LogP contribution < -0.4 is 19.9 Å². The first-order chi connectivity index (χ1) is 17.2. The predicted octanol–water partition coefficient (Wildman–Crippen LogP) is 2.48. The summed E-state index contributed by atoms with van der Waals surface area (Å²) in [5.74, 6) is 0.517. The van der Waals surface area contributed by atoms with E-state index in [-0.39, 0.29) is 19.1 Å². The third-order valence-corrected chi connectivity index (χ3v) is 6.25. The van der Waals surface area contributed by atoms with Gasteiger partial charge in [-0.05, 0) is 36.4 Å². The number of aromatic nitrogens is 3. The Labute approximate surface area is 203 Å². The maximum Gasteiger partial charge on any atom is 0.251 e. The molecule has 9 nitrogen and oxygen atoms in total. The van der Waals surface area contributed by atoms with Gasteiger partial charge in [-0.1, -0.05) is 18.2 Å². The summed E-state index contributed by atoms with van der Waals surface area (Å²) in [6.07, 6.45) is 3.72. The van der Waals surface area contributed by atoms with Crippen molar-refractivity contribution < 1.29 is 14.6 Å². The van der Waals surface area contributed by atoms with Crippen molar-refractivity contribution in [3.63, 3.8) is 0 Å². The summed E-state index contributed by atoms with van der Waals surface area (Å²) < 4.78 is 7.45. The van der Waals surface area contributed by atoms with E-state index >= 15 is 0 Å². The Morgan fingerprint density at radius 3 is 2.49 bits per heavy atom. The van der Waals surface area contributed by atoms with Crippen LogP contribution in [0.2, 0.25) is 0 Å². The number of piperazine rings is 1. The zero-order valence-electron chi connectivity index (χ0n) is 19.6. The molecule has 0 unspecified atom stereocenters. The lowest BCUT2D eigenvalue weighted by Gasteiger charge is -2.38. The molecule has 1 aliphatic rings. The monoisotopic (exact) mass is 472 g/mol. The third-order valence-electron chi connectivity index (χ3n) is 6.25. The van der Waals surface area contributed by atoms with Gasteiger partial charge in [0.2, 0.25) is 0 Å². The van der Waals surface area contributed by atoms with Crippen molar-refractivity contribution in [3.05, 3.63) is 72.6 Å². The topological polar surface area (TPSA) is 95.8 Å². The summed E-state index contributed by atoms with van der Waals surface area (Å²) in [6, 6.07) is 17.5. The molecule has 0 aliphatic carbocycles. The lowest BCUT2D eigenvalue weighted by Crippen LogP contribution is -2.46. The van der Waals surface area contributed by atoms with E-state index in [2.05, 4.69) is 25.2 Å². The molecule has 0 bridgehead atoms. The van der Waals surface area contributed by atoms with Gasteiger partial charge in [0, 0.05) is 44.5 Å². The molecule has 35 heavy (non-hydrogen) atoms. The van der Waals surface area contributed by atoms with E-state index in [1.807, 2.05) is 65.6 Å². The fourth-order valence-electron chi connectivity index (χ4n) is 4.49. The molecule has 1 fully saturated rings. The molecule has 180 valence electrons. The second kappa shape index (κ2) is 10.0. The van der Waals surface area contributed by atoms with E-state index in [9.17, 15) is 4.79 Å². The van der Waals surface area contributed by atoms with Crippen LogP contribution in [0, 0.1) is 0 Å². The maximum atomic E-state index is 12.4. The van der Waals surface area contributed by atoms with E-state index in [0.29, 0.717) is 5.56 Å². The van der Waals surface area contributed by atoms with Gasteiger partial charge in [-0.3, -0.25) is 4.79 Å². The Morgan fingerprint density at radius 2 is 1.77 bits per heavy atom. The quantitative estimate of drug-likeness (QED) is 0.427. The number of para-hydroxylation sites is 1. The number of methoxy groups -OCH3 is 1. The highest BCUT2D eigenvalue weighted by molar-refractivity contribution is 5.95. The van der Waals surface area contributed by atoms with Gasteiger partial charge in [-0.2, -0.15) is 5.10 Å². The normalized spacial score (nSPS) is 13.8. The number of carbonyl (C=O) groups excluding carboxylic acids is 1. The van der Waals surface area contributed by atoms with Gasteiger partial charge in [0.25, 0.3) is 5.91 Å². The van der Waals surface area contributed by atoms with Crippen LogP contribution in [0.25, 0.3) is 16.7 Å². The Morgan fingerprint density at radius 1 is 1.03 bits per heavy atom. The molecule has 0 saturated carbocycles. The zero-order valence-corrected chi connectivity index (χ0v) is 19.6. The van der Waals surface area contributed by atoms with E-state index in [0.717, 1.165) is 60.0 Å². The minimum atomic E-state index is -0.212. The molecule has 2 aromatic heterocycles. The molecule has 2 aromatic carbocycles. The zero-order chi connectivity index (χ0) is 24.2. The number of hydrogen-bond acceptors (Lipinski definition) is 7. The highest BCUT2D eigenvalue weighted by Crippen LogP contribution is 2.32. The smallest absolute Gasteiger partial charge is 0.251 e. The van der Waals surface area contributed by atoms with Crippen molar-refractivity contribution >= 4 is 28.3 Å². The lowest BCUT2D eigenvalue weighted by atomic mass is 10.1. The van der Waals surface area contributed by atoms with Crippen molar-refractivity contribution in [2.75, 3.05) is 56.2 Å².